The topological polar surface area (TPSA) is 90.9 Å². The van der Waals surface area contributed by atoms with Crippen molar-refractivity contribution in [2.75, 3.05) is 19.6 Å². The minimum Gasteiger partial charge on any atom is -0.490 e. The highest BCUT2D eigenvalue weighted by atomic mass is 35.5. The van der Waals surface area contributed by atoms with Crippen molar-refractivity contribution in [2.45, 2.75) is 38.8 Å². The van der Waals surface area contributed by atoms with Crippen LogP contribution in [0.5, 0.6) is 5.75 Å². The Bertz CT molecular complexity index is 631. The molecule has 1 atom stereocenters. The zero-order chi connectivity index (χ0) is 18.4. The quantitative estimate of drug-likeness (QED) is 0.590. The predicted octanol–water partition coefficient (Wildman–Crippen LogP) is 2.02. The van der Waals surface area contributed by atoms with Gasteiger partial charge >= 0.3 is 0 Å². The maximum absolute atomic E-state index is 12.5. The molecule has 1 aliphatic heterocycles. The number of benzene rings is 1. The van der Waals surface area contributed by atoms with Crippen molar-refractivity contribution in [3.8, 4) is 5.75 Å². The third kappa shape index (κ3) is 6.09. The molecule has 0 unspecified atom stereocenters. The van der Waals surface area contributed by atoms with Gasteiger partial charge in [0.15, 0.2) is 0 Å². The van der Waals surface area contributed by atoms with E-state index in [1.165, 1.54) is 4.31 Å². The van der Waals surface area contributed by atoms with E-state index in [1.807, 2.05) is 31.5 Å². The maximum atomic E-state index is 12.5. The molecule has 1 fully saturated rings. The number of ether oxygens (including phenoxy) is 1. The van der Waals surface area contributed by atoms with Crippen LogP contribution in [0, 0.1) is 5.92 Å². The van der Waals surface area contributed by atoms with Crippen LogP contribution >= 0.6 is 11.6 Å². The van der Waals surface area contributed by atoms with Gasteiger partial charge in [-0.1, -0.05) is 25.4 Å². The second-order valence-electron chi connectivity index (χ2n) is 6.51. The smallest absolute Gasteiger partial charge is 0.279 e. The molecule has 0 radical (unpaired) electrons. The number of rotatable bonds is 8. The first-order valence-electron chi connectivity index (χ1n) is 8.38. The fourth-order valence-electron chi connectivity index (χ4n) is 2.67. The Hall–Kier alpha value is -0.900. The van der Waals surface area contributed by atoms with Crippen molar-refractivity contribution in [1.29, 1.82) is 0 Å². The van der Waals surface area contributed by atoms with Gasteiger partial charge in [-0.25, -0.2) is 5.48 Å². The van der Waals surface area contributed by atoms with Crippen LogP contribution in [0.25, 0.3) is 0 Å². The van der Waals surface area contributed by atoms with Crippen LogP contribution in [0.1, 0.15) is 26.7 Å². The Morgan fingerprint density at radius 1 is 1.28 bits per heavy atom. The lowest BCUT2D eigenvalue weighted by Crippen LogP contribution is -2.52. The van der Waals surface area contributed by atoms with Crippen LogP contribution in [0.4, 0.5) is 0 Å². The van der Waals surface area contributed by atoms with Crippen LogP contribution in [0.3, 0.4) is 0 Å². The molecule has 1 saturated heterocycles. The van der Waals surface area contributed by atoms with Gasteiger partial charge in [-0.3, -0.25) is 0 Å². The Morgan fingerprint density at radius 2 is 1.88 bits per heavy atom. The summed E-state index contributed by atoms with van der Waals surface area (Å²) in [6.07, 6.45) is 1.22. The highest BCUT2D eigenvalue weighted by Crippen LogP contribution is 2.22. The highest BCUT2D eigenvalue weighted by molar-refractivity contribution is 7.87. The monoisotopic (exact) mass is 391 g/mol. The summed E-state index contributed by atoms with van der Waals surface area (Å²) >= 11 is 5.85. The number of nitrogens with zero attached hydrogens (tertiary/aromatic N) is 1. The van der Waals surface area contributed by atoms with Gasteiger partial charge in [0.25, 0.3) is 10.2 Å². The Kier molecular flexibility index (Phi) is 7.48. The minimum atomic E-state index is -3.59. The highest BCUT2D eigenvalue weighted by Gasteiger charge is 2.31. The summed E-state index contributed by atoms with van der Waals surface area (Å²) in [5.74, 6) is 0.790. The number of hydrogen-bond acceptors (Lipinski definition) is 5. The van der Waals surface area contributed by atoms with E-state index in [0.717, 1.165) is 5.75 Å². The zero-order valence-electron chi connectivity index (χ0n) is 14.5. The molecule has 1 aliphatic rings. The molecule has 1 heterocycles. The van der Waals surface area contributed by atoms with Crippen LogP contribution in [-0.4, -0.2) is 49.7 Å². The molecule has 1 aromatic carbocycles. The van der Waals surface area contributed by atoms with Crippen molar-refractivity contribution >= 4 is 21.8 Å². The van der Waals surface area contributed by atoms with Crippen LogP contribution in [-0.2, 0) is 10.2 Å². The lowest BCUT2D eigenvalue weighted by Gasteiger charge is -2.33. The summed E-state index contributed by atoms with van der Waals surface area (Å²) < 4.78 is 35.0. The average molecular weight is 392 g/mol. The lowest BCUT2D eigenvalue weighted by atomic mass is 10.1. The number of halogens is 1. The predicted molar refractivity (Wildman–Crippen MR) is 97.1 cm³/mol. The van der Waals surface area contributed by atoms with Gasteiger partial charge in [-0.2, -0.15) is 17.4 Å². The number of nitrogens with one attached hydrogen (secondary N) is 2. The number of piperidine rings is 1. The molecule has 9 heteroatoms. The van der Waals surface area contributed by atoms with Crippen molar-refractivity contribution in [2.24, 2.45) is 5.92 Å². The van der Waals surface area contributed by atoms with Crippen LogP contribution in [0.15, 0.2) is 24.3 Å². The lowest BCUT2D eigenvalue weighted by molar-refractivity contribution is 0.133. The molecule has 0 amide bonds. The van der Waals surface area contributed by atoms with Gasteiger partial charge in [0.05, 0.1) is 0 Å². The number of hydroxylamine groups is 1. The third-order valence-electron chi connectivity index (χ3n) is 4.27. The molecule has 2 rings (SSSR count). The van der Waals surface area contributed by atoms with Crippen molar-refractivity contribution < 1.29 is 18.4 Å². The summed E-state index contributed by atoms with van der Waals surface area (Å²) in [4.78, 5) is 0. The van der Waals surface area contributed by atoms with E-state index in [1.54, 1.807) is 12.1 Å². The van der Waals surface area contributed by atoms with E-state index in [9.17, 15) is 8.42 Å². The molecule has 7 nitrogen and oxygen atoms in total. The normalized spacial score (nSPS) is 18.4. The Labute approximate surface area is 154 Å². The summed E-state index contributed by atoms with van der Waals surface area (Å²) in [6, 6.07) is 6.77. The second-order valence-corrected chi connectivity index (χ2v) is 8.64. The van der Waals surface area contributed by atoms with Gasteiger partial charge in [0, 0.05) is 30.7 Å². The Balaban J connectivity index is 1.88. The third-order valence-corrected chi connectivity index (χ3v) is 6.17. The van der Waals surface area contributed by atoms with Gasteiger partial charge in [-0.05, 0) is 43.0 Å². The standard InChI is InChI=1S/C16H26ClN3O4S/c1-12(2)16(11-18-21)19-25(22,23)20-9-7-15(8-10-20)24-14-5-3-13(17)4-6-14/h3-6,12,15-16,18-19,21H,7-11H2,1-2H3/t16-/m0/s1. The molecule has 1 aromatic rings. The molecular formula is C16H26ClN3O4S. The van der Waals surface area contributed by atoms with Crippen molar-refractivity contribution in [1.82, 2.24) is 14.5 Å². The molecule has 3 N–H and O–H groups in total. The van der Waals surface area contributed by atoms with Gasteiger partial charge < -0.3 is 9.94 Å². The molecule has 25 heavy (non-hydrogen) atoms. The summed E-state index contributed by atoms with van der Waals surface area (Å²) in [7, 11) is -3.59. The fourth-order valence-corrected chi connectivity index (χ4v) is 4.38. The first kappa shape index (κ1) is 20.4. The molecular weight excluding hydrogens is 366 g/mol. The van der Waals surface area contributed by atoms with E-state index in [-0.39, 0.29) is 24.6 Å². The van der Waals surface area contributed by atoms with E-state index in [4.69, 9.17) is 21.5 Å². The minimum absolute atomic E-state index is 0.0207. The summed E-state index contributed by atoms with van der Waals surface area (Å²) in [6.45, 7) is 4.75. The Morgan fingerprint density at radius 3 is 2.40 bits per heavy atom. The zero-order valence-corrected chi connectivity index (χ0v) is 16.1. The molecule has 0 saturated carbocycles. The first-order chi connectivity index (χ1) is 11.8. The van der Waals surface area contributed by atoms with E-state index in [2.05, 4.69) is 4.72 Å². The maximum Gasteiger partial charge on any atom is 0.279 e. The largest absolute Gasteiger partial charge is 0.490 e. The first-order valence-corrected chi connectivity index (χ1v) is 10.2. The van der Waals surface area contributed by atoms with Crippen molar-refractivity contribution in [3.05, 3.63) is 29.3 Å². The van der Waals surface area contributed by atoms with E-state index >= 15 is 0 Å². The van der Waals surface area contributed by atoms with Crippen LogP contribution in [0.2, 0.25) is 5.02 Å². The SMILES string of the molecule is CC(C)[C@H](CNO)NS(=O)(=O)N1CCC(Oc2ccc(Cl)cc2)CC1. The number of hydrogen-bond donors (Lipinski definition) is 3. The summed E-state index contributed by atoms with van der Waals surface area (Å²) in [5.41, 5.74) is 2.04. The van der Waals surface area contributed by atoms with Gasteiger partial charge in [-0.15, -0.1) is 0 Å². The second kappa shape index (κ2) is 9.16. The molecule has 142 valence electrons. The fraction of sp³-hybridized carbons (Fsp3) is 0.625. The van der Waals surface area contributed by atoms with Gasteiger partial charge in [0.1, 0.15) is 11.9 Å². The average Bonchev–Trinajstić information content (AvgIpc) is 2.57. The van der Waals surface area contributed by atoms with E-state index in [0.29, 0.717) is 31.0 Å². The molecule has 0 bridgehead atoms. The van der Waals surface area contributed by atoms with E-state index < -0.39 is 10.2 Å². The molecule has 0 aromatic heterocycles. The van der Waals surface area contributed by atoms with Crippen molar-refractivity contribution in [3.63, 3.8) is 0 Å². The summed E-state index contributed by atoms with van der Waals surface area (Å²) in [5, 5.41) is 9.51. The molecule has 0 spiro atoms. The molecule has 0 aliphatic carbocycles. The van der Waals surface area contributed by atoms with Crippen LogP contribution < -0.4 is 14.9 Å². The van der Waals surface area contributed by atoms with Gasteiger partial charge in [0.2, 0.25) is 0 Å².